The maximum Gasteiger partial charge on any atom is 0.248 e. The van der Waals surface area contributed by atoms with Crippen LogP contribution in [0.5, 0.6) is 5.75 Å². The summed E-state index contributed by atoms with van der Waals surface area (Å²) < 4.78 is 5.76. The number of aromatic nitrogens is 1. The monoisotopic (exact) mass is 265 g/mol. The van der Waals surface area contributed by atoms with E-state index in [1.807, 2.05) is 55.5 Å². The Balaban J connectivity index is 1.88. The van der Waals surface area contributed by atoms with E-state index in [2.05, 4.69) is 4.98 Å². The van der Waals surface area contributed by atoms with Crippen LogP contribution in [-0.4, -0.2) is 4.98 Å². The molecule has 0 bridgehead atoms. The van der Waals surface area contributed by atoms with Crippen molar-refractivity contribution in [2.45, 2.75) is 13.5 Å². The highest BCUT2D eigenvalue weighted by Crippen LogP contribution is 2.21. The Morgan fingerprint density at radius 2 is 1.85 bits per heavy atom. The number of pyridine rings is 1. The molecule has 0 saturated carbocycles. The lowest BCUT2D eigenvalue weighted by Gasteiger charge is -2.08. The Labute approximate surface area is 116 Å². The number of hydrogen-bond acceptors (Lipinski definition) is 2. The van der Waals surface area contributed by atoms with E-state index in [0.29, 0.717) is 6.61 Å². The molecule has 1 heterocycles. The van der Waals surface area contributed by atoms with E-state index < -0.39 is 0 Å². The van der Waals surface area contributed by atoms with Crippen molar-refractivity contribution in [3.05, 3.63) is 76.1 Å². The molecule has 0 aliphatic heterocycles. The van der Waals surface area contributed by atoms with Crippen molar-refractivity contribution in [3.8, 4) is 5.75 Å². The number of nitrogens with one attached hydrogen (secondary N) is 1. The molecule has 3 nitrogen and oxygen atoms in total. The second kappa shape index (κ2) is 5.21. The minimum atomic E-state index is -0.0878. The van der Waals surface area contributed by atoms with Crippen LogP contribution in [0.15, 0.2) is 59.4 Å². The van der Waals surface area contributed by atoms with Crippen LogP contribution >= 0.6 is 0 Å². The van der Waals surface area contributed by atoms with Crippen molar-refractivity contribution >= 4 is 10.9 Å². The highest BCUT2D eigenvalue weighted by molar-refractivity contribution is 5.82. The number of aromatic amines is 1. The fourth-order valence-corrected chi connectivity index (χ4v) is 2.24. The molecule has 0 atom stereocenters. The second-order valence-electron chi connectivity index (χ2n) is 4.80. The van der Waals surface area contributed by atoms with E-state index in [1.165, 1.54) is 0 Å². The van der Waals surface area contributed by atoms with E-state index in [1.54, 1.807) is 6.07 Å². The van der Waals surface area contributed by atoms with Crippen molar-refractivity contribution in [2.24, 2.45) is 0 Å². The van der Waals surface area contributed by atoms with Gasteiger partial charge in [-0.2, -0.15) is 0 Å². The first-order valence-electron chi connectivity index (χ1n) is 6.53. The maximum absolute atomic E-state index is 11.5. The molecule has 0 aliphatic rings. The number of H-pyrrole nitrogens is 1. The molecule has 0 fully saturated rings. The van der Waals surface area contributed by atoms with Crippen LogP contribution < -0.4 is 10.3 Å². The summed E-state index contributed by atoms with van der Waals surface area (Å²) in [6.07, 6.45) is 0. The molecule has 0 radical (unpaired) electrons. The molecule has 0 saturated heterocycles. The van der Waals surface area contributed by atoms with Crippen LogP contribution in [0, 0.1) is 6.92 Å². The normalized spacial score (nSPS) is 10.7. The first-order valence-corrected chi connectivity index (χ1v) is 6.53. The van der Waals surface area contributed by atoms with Gasteiger partial charge in [0.2, 0.25) is 5.56 Å². The van der Waals surface area contributed by atoms with Gasteiger partial charge >= 0.3 is 0 Å². The van der Waals surface area contributed by atoms with E-state index in [0.717, 1.165) is 27.8 Å². The van der Waals surface area contributed by atoms with Gasteiger partial charge in [-0.1, -0.05) is 30.3 Å². The Morgan fingerprint density at radius 1 is 1.05 bits per heavy atom. The van der Waals surface area contributed by atoms with Crippen LogP contribution in [0.2, 0.25) is 0 Å². The summed E-state index contributed by atoms with van der Waals surface area (Å²) in [5, 5.41) is 1.04. The second-order valence-corrected chi connectivity index (χ2v) is 4.80. The van der Waals surface area contributed by atoms with E-state index >= 15 is 0 Å². The molecule has 100 valence electrons. The molecule has 2 aromatic carbocycles. The summed E-state index contributed by atoms with van der Waals surface area (Å²) in [6.45, 7) is 2.45. The third-order valence-corrected chi connectivity index (χ3v) is 3.27. The van der Waals surface area contributed by atoms with Crippen LogP contribution in [0.3, 0.4) is 0 Å². The van der Waals surface area contributed by atoms with Gasteiger partial charge in [-0.3, -0.25) is 4.79 Å². The Bertz CT molecular complexity index is 791. The van der Waals surface area contributed by atoms with Gasteiger partial charge in [-0.15, -0.1) is 0 Å². The highest BCUT2D eigenvalue weighted by Gasteiger charge is 2.02. The number of rotatable bonds is 3. The largest absolute Gasteiger partial charge is 0.489 e. The van der Waals surface area contributed by atoms with Crippen LogP contribution in [0.25, 0.3) is 10.9 Å². The van der Waals surface area contributed by atoms with Gasteiger partial charge in [-0.05, 0) is 30.2 Å². The average Bonchev–Trinajstić information content (AvgIpc) is 2.45. The number of ether oxygens (including phenoxy) is 1. The molecule has 3 heteroatoms. The van der Waals surface area contributed by atoms with Gasteiger partial charge in [0.05, 0.1) is 5.52 Å². The number of benzene rings is 2. The molecule has 3 rings (SSSR count). The van der Waals surface area contributed by atoms with Gasteiger partial charge in [0, 0.05) is 17.5 Å². The fraction of sp³-hybridized carbons (Fsp3) is 0.118. The maximum atomic E-state index is 11.5. The molecule has 0 unspecified atom stereocenters. The number of fused-ring (bicyclic) bond motifs is 1. The van der Waals surface area contributed by atoms with Crippen molar-refractivity contribution in [1.29, 1.82) is 0 Å². The summed E-state index contributed by atoms with van der Waals surface area (Å²) in [5.41, 5.74) is 2.81. The number of hydrogen-bond donors (Lipinski definition) is 1. The molecule has 0 spiro atoms. The molecular weight excluding hydrogens is 250 g/mol. The molecule has 1 aromatic heterocycles. The van der Waals surface area contributed by atoms with E-state index in [9.17, 15) is 4.79 Å². The predicted octanol–water partition coefficient (Wildman–Crippen LogP) is 3.42. The molecule has 20 heavy (non-hydrogen) atoms. The van der Waals surface area contributed by atoms with Gasteiger partial charge in [0.1, 0.15) is 12.4 Å². The average molecular weight is 265 g/mol. The first kappa shape index (κ1) is 12.5. The lowest BCUT2D eigenvalue weighted by molar-refractivity contribution is 0.306. The summed E-state index contributed by atoms with van der Waals surface area (Å²) in [6, 6.07) is 17.4. The smallest absolute Gasteiger partial charge is 0.248 e. The summed E-state index contributed by atoms with van der Waals surface area (Å²) >= 11 is 0. The standard InChI is InChI=1S/C17H15NO2/c1-12-9-17(19)18-16-10-14(7-8-15(12)16)20-11-13-5-3-2-4-6-13/h2-10H,11H2,1H3,(H,18,19). The third kappa shape index (κ3) is 2.57. The van der Waals surface area contributed by atoms with Gasteiger partial charge in [0.25, 0.3) is 0 Å². The van der Waals surface area contributed by atoms with Gasteiger partial charge < -0.3 is 9.72 Å². The zero-order valence-corrected chi connectivity index (χ0v) is 11.2. The molecule has 1 N–H and O–H groups in total. The Hall–Kier alpha value is -2.55. The topological polar surface area (TPSA) is 42.1 Å². The number of aryl methyl sites for hydroxylation is 1. The van der Waals surface area contributed by atoms with Gasteiger partial charge in [-0.25, -0.2) is 0 Å². The molecule has 3 aromatic rings. The summed E-state index contributed by atoms with van der Waals surface area (Å²) in [5.74, 6) is 0.752. The third-order valence-electron chi connectivity index (χ3n) is 3.27. The SMILES string of the molecule is Cc1cc(=O)[nH]c2cc(OCc3ccccc3)ccc12. The van der Waals surface area contributed by atoms with Crippen molar-refractivity contribution in [3.63, 3.8) is 0 Å². The van der Waals surface area contributed by atoms with E-state index in [-0.39, 0.29) is 5.56 Å². The van der Waals surface area contributed by atoms with Crippen molar-refractivity contribution < 1.29 is 4.74 Å². The molecular formula is C17H15NO2. The van der Waals surface area contributed by atoms with Crippen LogP contribution in [0.4, 0.5) is 0 Å². The lowest BCUT2D eigenvalue weighted by atomic mass is 10.1. The fourth-order valence-electron chi connectivity index (χ4n) is 2.24. The van der Waals surface area contributed by atoms with Gasteiger partial charge in [0.15, 0.2) is 0 Å². The zero-order valence-electron chi connectivity index (χ0n) is 11.2. The quantitative estimate of drug-likeness (QED) is 0.788. The molecule has 0 amide bonds. The molecule has 0 aliphatic carbocycles. The predicted molar refractivity (Wildman–Crippen MR) is 80.1 cm³/mol. The van der Waals surface area contributed by atoms with Crippen LogP contribution in [-0.2, 0) is 6.61 Å². The van der Waals surface area contributed by atoms with Crippen molar-refractivity contribution in [1.82, 2.24) is 4.98 Å². The minimum Gasteiger partial charge on any atom is -0.489 e. The van der Waals surface area contributed by atoms with Crippen LogP contribution in [0.1, 0.15) is 11.1 Å². The van der Waals surface area contributed by atoms with E-state index in [4.69, 9.17) is 4.74 Å². The summed E-state index contributed by atoms with van der Waals surface area (Å²) in [7, 11) is 0. The minimum absolute atomic E-state index is 0.0878. The highest BCUT2D eigenvalue weighted by atomic mass is 16.5. The lowest BCUT2D eigenvalue weighted by Crippen LogP contribution is -2.05. The Kier molecular flexibility index (Phi) is 3.25. The Morgan fingerprint density at radius 3 is 2.65 bits per heavy atom. The summed E-state index contributed by atoms with van der Waals surface area (Å²) in [4.78, 5) is 14.3. The first-order chi connectivity index (χ1) is 9.72. The van der Waals surface area contributed by atoms with Crippen molar-refractivity contribution in [2.75, 3.05) is 0 Å². The zero-order chi connectivity index (χ0) is 13.9.